The van der Waals surface area contributed by atoms with Crippen LogP contribution in [0.4, 0.5) is 0 Å². The van der Waals surface area contributed by atoms with Crippen molar-refractivity contribution in [2.24, 2.45) is 17.8 Å². The fourth-order valence-electron chi connectivity index (χ4n) is 6.11. The van der Waals surface area contributed by atoms with Crippen LogP contribution in [0.1, 0.15) is 113 Å². The summed E-state index contributed by atoms with van der Waals surface area (Å²) in [7, 11) is 0. The van der Waals surface area contributed by atoms with Gasteiger partial charge in [-0.1, -0.05) is 52.0 Å². The molecular formula is C30H44O5. The summed E-state index contributed by atoms with van der Waals surface area (Å²) in [5.41, 5.74) is 1.61. The van der Waals surface area contributed by atoms with Gasteiger partial charge in [0, 0.05) is 5.57 Å². The molecule has 0 bridgehead atoms. The van der Waals surface area contributed by atoms with Gasteiger partial charge in [0.05, 0.1) is 5.56 Å². The molecule has 35 heavy (non-hydrogen) atoms. The lowest BCUT2D eigenvalue weighted by atomic mass is 9.67. The Bertz CT molecular complexity index is 844. The number of unbranched alkanes of at least 4 members (excludes halogenated alkanes) is 2. The Hall–Kier alpha value is -2.30. The van der Waals surface area contributed by atoms with Crippen LogP contribution in [0.2, 0.25) is 0 Å². The van der Waals surface area contributed by atoms with Crippen molar-refractivity contribution in [3.63, 3.8) is 0 Å². The first-order valence-electron chi connectivity index (χ1n) is 13.7. The van der Waals surface area contributed by atoms with E-state index in [2.05, 4.69) is 13.5 Å². The lowest BCUT2D eigenvalue weighted by molar-refractivity contribution is -0.139. The van der Waals surface area contributed by atoms with Crippen LogP contribution in [0, 0.1) is 17.8 Å². The molecule has 0 unspecified atom stereocenters. The van der Waals surface area contributed by atoms with Gasteiger partial charge in [0.25, 0.3) is 0 Å². The van der Waals surface area contributed by atoms with Crippen molar-refractivity contribution in [3.8, 4) is 5.75 Å². The minimum absolute atomic E-state index is 0.133. The summed E-state index contributed by atoms with van der Waals surface area (Å²) < 4.78 is 10.8. The summed E-state index contributed by atoms with van der Waals surface area (Å²) in [6, 6.07) is 5.23. The number of carboxylic acid groups (broad SMARTS) is 1. The Morgan fingerprint density at radius 2 is 1.63 bits per heavy atom. The maximum Gasteiger partial charge on any atom is 0.335 e. The van der Waals surface area contributed by atoms with Gasteiger partial charge < -0.3 is 14.6 Å². The number of ether oxygens (including phenoxy) is 2. The summed E-state index contributed by atoms with van der Waals surface area (Å²) in [5.74, 6) is 2.15. The molecule has 0 aliphatic heterocycles. The van der Waals surface area contributed by atoms with E-state index in [0.29, 0.717) is 16.9 Å². The summed E-state index contributed by atoms with van der Waals surface area (Å²) in [6.45, 7) is 7.80. The van der Waals surface area contributed by atoms with Crippen LogP contribution in [0.15, 0.2) is 30.4 Å². The largest absolute Gasteiger partial charge is 0.490 e. The number of carbonyl (C=O) groups excluding carboxylic acids is 1. The van der Waals surface area contributed by atoms with Gasteiger partial charge in [0.1, 0.15) is 19.0 Å². The molecule has 0 spiro atoms. The third kappa shape index (κ3) is 8.12. The smallest absolute Gasteiger partial charge is 0.335 e. The first-order chi connectivity index (χ1) is 16.9. The molecule has 3 rings (SSSR count). The molecule has 0 atom stereocenters. The summed E-state index contributed by atoms with van der Waals surface area (Å²) in [5, 5.41) is 9.77. The molecule has 1 aromatic carbocycles. The number of esters is 1. The van der Waals surface area contributed by atoms with E-state index in [1.165, 1.54) is 64.2 Å². The molecule has 2 aliphatic carbocycles. The van der Waals surface area contributed by atoms with Crippen molar-refractivity contribution in [1.29, 1.82) is 0 Å². The average molecular weight is 485 g/mol. The molecule has 1 aromatic rings. The van der Waals surface area contributed by atoms with E-state index in [1.54, 1.807) is 19.1 Å². The maximum atomic E-state index is 11.9. The summed E-state index contributed by atoms with van der Waals surface area (Å²) in [6.07, 6.45) is 15.5. The van der Waals surface area contributed by atoms with Gasteiger partial charge in [-0.3, -0.25) is 0 Å². The molecule has 0 amide bonds. The molecule has 2 aliphatic rings. The van der Waals surface area contributed by atoms with Gasteiger partial charge in [-0.15, -0.1) is 0 Å². The van der Waals surface area contributed by atoms with Gasteiger partial charge in [0.2, 0.25) is 0 Å². The topological polar surface area (TPSA) is 72.8 Å². The zero-order valence-corrected chi connectivity index (χ0v) is 21.7. The van der Waals surface area contributed by atoms with Gasteiger partial charge in [-0.2, -0.15) is 0 Å². The Morgan fingerprint density at radius 3 is 2.23 bits per heavy atom. The van der Waals surface area contributed by atoms with E-state index < -0.39 is 11.9 Å². The lowest BCUT2D eigenvalue weighted by Crippen LogP contribution is -2.26. The van der Waals surface area contributed by atoms with E-state index in [4.69, 9.17) is 9.47 Å². The molecule has 0 saturated heterocycles. The van der Waals surface area contributed by atoms with E-state index in [-0.39, 0.29) is 19.1 Å². The zero-order chi connectivity index (χ0) is 25.2. The van der Waals surface area contributed by atoms with Crippen molar-refractivity contribution in [1.82, 2.24) is 0 Å². The summed E-state index contributed by atoms with van der Waals surface area (Å²) in [4.78, 5) is 23.4. The van der Waals surface area contributed by atoms with Crippen LogP contribution in [-0.2, 0) is 9.53 Å². The molecule has 2 fully saturated rings. The van der Waals surface area contributed by atoms with Crippen molar-refractivity contribution >= 4 is 11.9 Å². The predicted molar refractivity (Wildman–Crippen MR) is 139 cm³/mol. The second-order valence-electron chi connectivity index (χ2n) is 10.7. The predicted octanol–water partition coefficient (Wildman–Crippen LogP) is 7.54. The SMILES string of the molecule is C=C(C)C(=O)OCCOc1ccc(C(=O)O)c(C2CCC(C3CCC(CCCCC)CC3)CC2)c1. The Labute approximate surface area is 211 Å². The van der Waals surface area contributed by atoms with Gasteiger partial charge >= 0.3 is 11.9 Å². The van der Waals surface area contributed by atoms with Crippen LogP contribution in [0.3, 0.4) is 0 Å². The highest BCUT2D eigenvalue weighted by Gasteiger charge is 2.32. The quantitative estimate of drug-likeness (QED) is 0.188. The fourth-order valence-corrected chi connectivity index (χ4v) is 6.11. The Kier molecular flexibility index (Phi) is 10.7. The van der Waals surface area contributed by atoms with Crippen molar-refractivity contribution < 1.29 is 24.2 Å². The molecular weight excluding hydrogens is 440 g/mol. The number of benzene rings is 1. The second-order valence-corrected chi connectivity index (χ2v) is 10.7. The number of hydrogen-bond acceptors (Lipinski definition) is 4. The first kappa shape index (κ1) is 27.3. The van der Waals surface area contributed by atoms with Crippen LogP contribution in [0.25, 0.3) is 0 Å². The normalized spacial score (nSPS) is 24.5. The van der Waals surface area contributed by atoms with Crippen LogP contribution in [0.5, 0.6) is 5.75 Å². The van der Waals surface area contributed by atoms with E-state index in [1.807, 2.05) is 6.07 Å². The lowest BCUT2D eigenvalue weighted by Gasteiger charge is -2.38. The van der Waals surface area contributed by atoms with Gasteiger partial charge in [-0.25, -0.2) is 9.59 Å². The van der Waals surface area contributed by atoms with Crippen molar-refractivity contribution in [2.75, 3.05) is 13.2 Å². The highest BCUT2D eigenvalue weighted by molar-refractivity contribution is 5.90. The second kappa shape index (κ2) is 13.7. The monoisotopic (exact) mass is 484 g/mol. The third-order valence-corrected chi connectivity index (χ3v) is 8.17. The maximum absolute atomic E-state index is 11.9. The standard InChI is InChI=1S/C30H44O5/c1-4-5-6-7-22-8-10-23(11-9-22)24-12-14-25(15-13-24)28-20-26(16-17-27(28)29(31)32)34-18-19-35-30(33)21(2)3/h16-17,20,22-25H,2,4-15,18-19H2,1,3H3,(H,31,32). The molecule has 1 N–H and O–H groups in total. The molecule has 5 heteroatoms. The van der Waals surface area contributed by atoms with Crippen LogP contribution >= 0.6 is 0 Å². The third-order valence-electron chi connectivity index (χ3n) is 8.17. The van der Waals surface area contributed by atoms with E-state index in [9.17, 15) is 14.7 Å². The molecule has 0 aromatic heterocycles. The molecule has 0 heterocycles. The van der Waals surface area contributed by atoms with Crippen molar-refractivity contribution in [2.45, 2.75) is 96.8 Å². The minimum Gasteiger partial charge on any atom is -0.490 e. The molecule has 5 nitrogen and oxygen atoms in total. The highest BCUT2D eigenvalue weighted by Crippen LogP contribution is 2.45. The minimum atomic E-state index is -0.884. The first-order valence-corrected chi connectivity index (χ1v) is 13.7. The number of aromatic carboxylic acids is 1. The number of carboxylic acids is 1. The van der Waals surface area contributed by atoms with Crippen LogP contribution in [-0.4, -0.2) is 30.3 Å². The van der Waals surface area contributed by atoms with Gasteiger partial charge in [-0.05, 0) is 92.9 Å². The molecule has 2 saturated carbocycles. The number of carbonyl (C=O) groups is 2. The number of hydrogen-bond donors (Lipinski definition) is 1. The fraction of sp³-hybridized carbons (Fsp3) is 0.667. The molecule has 194 valence electrons. The number of rotatable bonds is 12. The van der Waals surface area contributed by atoms with Gasteiger partial charge in [0.15, 0.2) is 0 Å². The highest BCUT2D eigenvalue weighted by atomic mass is 16.6. The zero-order valence-electron chi connectivity index (χ0n) is 21.7. The van der Waals surface area contributed by atoms with Crippen molar-refractivity contribution in [3.05, 3.63) is 41.5 Å². The molecule has 0 radical (unpaired) electrons. The van der Waals surface area contributed by atoms with E-state index >= 15 is 0 Å². The Morgan fingerprint density at radius 1 is 0.971 bits per heavy atom. The summed E-state index contributed by atoms with van der Waals surface area (Å²) >= 11 is 0. The Balaban J connectivity index is 1.51. The van der Waals surface area contributed by atoms with Crippen LogP contribution < -0.4 is 4.74 Å². The van der Waals surface area contributed by atoms with E-state index in [0.717, 1.165) is 36.2 Å². The average Bonchev–Trinajstić information content (AvgIpc) is 2.87.